The van der Waals surface area contributed by atoms with Gasteiger partial charge in [-0.1, -0.05) is 112 Å². The Morgan fingerprint density at radius 1 is 0.978 bits per heavy atom. The van der Waals surface area contributed by atoms with Gasteiger partial charge in [-0.3, -0.25) is 9.59 Å². The first-order valence-corrected chi connectivity index (χ1v) is 19.2. The predicted molar refractivity (Wildman–Crippen MR) is 190 cm³/mol. The third kappa shape index (κ3) is 7.60. The topological polar surface area (TPSA) is 83.8 Å². The van der Waals surface area contributed by atoms with Crippen LogP contribution in [-0.4, -0.2) is 36.4 Å². The number of aliphatic carboxylic acids is 1. The lowest BCUT2D eigenvalue weighted by atomic mass is 9.86. The predicted octanol–water partition coefficient (Wildman–Crippen LogP) is 8.07. The van der Waals surface area contributed by atoms with Crippen LogP contribution in [-0.2, 0) is 14.0 Å². The minimum atomic E-state index is -2.89. The Morgan fingerprint density at radius 3 is 2.22 bits per heavy atom. The quantitative estimate of drug-likeness (QED) is 0.0817. The number of carbonyl (C=O) groups excluding carboxylic acids is 1. The number of unbranched alkanes of at least 4 members (excludes halogenated alkanes) is 1. The van der Waals surface area contributed by atoms with Crippen molar-refractivity contribution in [3.05, 3.63) is 108 Å². The summed E-state index contributed by atoms with van der Waals surface area (Å²) in [6.07, 6.45) is 6.57. The zero-order valence-electron chi connectivity index (χ0n) is 27.1. The van der Waals surface area contributed by atoms with E-state index in [4.69, 9.17) is 9.53 Å². The number of fused-ring (bicyclic) bond motifs is 1. The van der Waals surface area contributed by atoms with E-state index in [9.17, 15) is 14.7 Å². The summed E-state index contributed by atoms with van der Waals surface area (Å²) in [5, 5.41) is 23.5. The van der Waals surface area contributed by atoms with Crippen molar-refractivity contribution in [3.63, 3.8) is 0 Å². The number of aliphatic hydroxyl groups excluding tert-OH is 1. The number of carboxylic acid groups (broad SMARTS) is 1. The zero-order valence-corrected chi connectivity index (χ0v) is 28.9. The van der Waals surface area contributed by atoms with E-state index in [1.54, 1.807) is 11.3 Å². The van der Waals surface area contributed by atoms with E-state index in [1.807, 2.05) is 12.2 Å². The van der Waals surface area contributed by atoms with Crippen molar-refractivity contribution in [3.8, 4) is 0 Å². The molecule has 1 fully saturated rings. The van der Waals surface area contributed by atoms with Crippen LogP contribution in [0.5, 0.6) is 0 Å². The van der Waals surface area contributed by atoms with E-state index in [1.165, 1.54) is 25.3 Å². The molecule has 0 aliphatic heterocycles. The second-order valence-corrected chi connectivity index (χ2v) is 18.9. The van der Waals surface area contributed by atoms with Gasteiger partial charge in [-0.25, -0.2) is 0 Å². The molecule has 0 radical (unpaired) electrons. The first kappa shape index (κ1) is 34.0. The van der Waals surface area contributed by atoms with Gasteiger partial charge in [0.2, 0.25) is 0 Å². The molecule has 0 unspecified atom stereocenters. The highest BCUT2D eigenvalue weighted by Gasteiger charge is 2.52. The summed E-state index contributed by atoms with van der Waals surface area (Å²) in [4.78, 5) is 25.1. The first-order valence-electron chi connectivity index (χ1n) is 16.4. The number of thiophene rings is 1. The minimum absolute atomic E-state index is 0.110. The molecule has 1 saturated carbocycles. The maximum absolute atomic E-state index is 13.1. The third-order valence-corrected chi connectivity index (χ3v) is 15.7. The monoisotopic (exact) mass is 654 g/mol. The fourth-order valence-electron chi connectivity index (χ4n) is 7.12. The number of rotatable bonds is 14. The molecule has 1 aromatic heterocycles. The van der Waals surface area contributed by atoms with E-state index in [0.717, 1.165) is 0 Å². The lowest BCUT2D eigenvalue weighted by Crippen LogP contribution is -2.66. The summed E-state index contributed by atoms with van der Waals surface area (Å²) in [5.41, 5.74) is 0. The Bertz CT molecular complexity index is 1550. The molecule has 0 saturated heterocycles. The molecule has 2 N–H and O–H groups in total. The molecule has 7 heteroatoms. The van der Waals surface area contributed by atoms with Gasteiger partial charge in [0.15, 0.2) is 0 Å². The van der Waals surface area contributed by atoms with Crippen LogP contribution >= 0.6 is 11.3 Å². The standard InChI is InChI=1S/C39H46O5SSi/c1-39(2,3)46(29-17-8-6-9-18-29,30-19-10-7-11-20-30)44-35(37-26-28-16-14-15-22-36(28)45-37)25-24-32-31(33(40)27-34(32)41)21-12-4-5-13-23-38(42)43/h4,6-12,14-20,22,26,31-32,34-35,41H,5,13,21,23-25,27H2,1-3H3,(H,42,43)/t31-,32-,34-,35-/m1/s1. The van der Waals surface area contributed by atoms with E-state index < -0.39 is 20.4 Å². The molecule has 5 rings (SSSR count). The Balaban J connectivity index is 1.49. The van der Waals surface area contributed by atoms with Gasteiger partial charge in [0.25, 0.3) is 8.32 Å². The van der Waals surface area contributed by atoms with Crippen LogP contribution in [0.2, 0.25) is 5.04 Å². The molecule has 0 amide bonds. The molecule has 1 heterocycles. The molecule has 5 nitrogen and oxygen atoms in total. The van der Waals surface area contributed by atoms with Crippen molar-refractivity contribution in [2.75, 3.05) is 0 Å². The molecule has 3 aromatic carbocycles. The van der Waals surface area contributed by atoms with Crippen LogP contribution in [0.3, 0.4) is 0 Å². The molecule has 1 aliphatic rings. The maximum Gasteiger partial charge on any atom is 0.303 e. The number of carbonyl (C=O) groups is 2. The van der Waals surface area contributed by atoms with Gasteiger partial charge >= 0.3 is 5.97 Å². The van der Waals surface area contributed by atoms with Gasteiger partial charge in [0, 0.05) is 28.3 Å². The summed E-state index contributed by atoms with van der Waals surface area (Å²) in [7, 11) is -2.89. The highest BCUT2D eigenvalue weighted by molar-refractivity contribution is 7.19. The Kier molecular flexibility index (Phi) is 11.1. The molecular formula is C39H46O5SSi. The largest absolute Gasteiger partial charge is 0.481 e. The fraction of sp³-hybridized carbons (Fsp3) is 0.385. The SMILES string of the molecule is CC(C)(C)[Si](O[C@H](CC[C@H]1[C@H](O)CC(=O)[C@@H]1CC=CCCCC(=O)O)c1cc2ccccc2s1)(c1ccccc1)c1ccccc1. The molecule has 46 heavy (non-hydrogen) atoms. The second-order valence-electron chi connectivity index (χ2n) is 13.5. The van der Waals surface area contributed by atoms with Crippen LogP contribution in [0.15, 0.2) is 103 Å². The Hall–Kier alpha value is -3.36. The number of Topliss-reactive ketones (excluding diaryl/α,β-unsaturated/α-hetero) is 1. The van der Waals surface area contributed by atoms with Crippen molar-refractivity contribution in [1.82, 2.24) is 0 Å². The minimum Gasteiger partial charge on any atom is -0.481 e. The summed E-state index contributed by atoms with van der Waals surface area (Å²) >= 11 is 1.77. The third-order valence-electron chi connectivity index (χ3n) is 9.41. The number of allylic oxidation sites excluding steroid dienone is 2. The number of benzene rings is 3. The second kappa shape index (κ2) is 15.0. The van der Waals surface area contributed by atoms with E-state index in [0.29, 0.717) is 32.1 Å². The smallest absolute Gasteiger partial charge is 0.303 e. The van der Waals surface area contributed by atoms with Crippen molar-refractivity contribution in [2.24, 2.45) is 11.8 Å². The van der Waals surface area contributed by atoms with Crippen LogP contribution in [0.1, 0.15) is 76.7 Å². The van der Waals surface area contributed by atoms with Crippen LogP contribution < -0.4 is 10.4 Å². The normalized spacial score (nSPS) is 19.7. The maximum atomic E-state index is 13.1. The van der Waals surface area contributed by atoms with Crippen molar-refractivity contribution in [1.29, 1.82) is 0 Å². The number of hydrogen-bond acceptors (Lipinski definition) is 5. The molecule has 0 bridgehead atoms. The van der Waals surface area contributed by atoms with Crippen LogP contribution in [0, 0.1) is 11.8 Å². The van der Waals surface area contributed by atoms with E-state index >= 15 is 0 Å². The van der Waals surface area contributed by atoms with Crippen molar-refractivity contribution in [2.45, 2.75) is 83.0 Å². The average molecular weight is 655 g/mol. The van der Waals surface area contributed by atoms with Crippen molar-refractivity contribution >= 4 is 51.9 Å². The summed E-state index contributed by atoms with van der Waals surface area (Å²) in [6.45, 7) is 6.87. The lowest BCUT2D eigenvalue weighted by Gasteiger charge is -2.45. The molecule has 4 atom stereocenters. The van der Waals surface area contributed by atoms with Crippen LogP contribution in [0.4, 0.5) is 0 Å². The van der Waals surface area contributed by atoms with Gasteiger partial charge in [-0.2, -0.15) is 0 Å². The molecule has 0 spiro atoms. The Morgan fingerprint density at radius 2 is 1.61 bits per heavy atom. The highest BCUT2D eigenvalue weighted by Crippen LogP contribution is 2.45. The van der Waals surface area contributed by atoms with Gasteiger partial charge < -0.3 is 14.6 Å². The van der Waals surface area contributed by atoms with Crippen LogP contribution in [0.25, 0.3) is 10.1 Å². The molecular weight excluding hydrogens is 609 g/mol. The molecule has 4 aromatic rings. The number of hydrogen-bond donors (Lipinski definition) is 2. The van der Waals surface area contributed by atoms with Crippen molar-refractivity contribution < 1.29 is 24.2 Å². The van der Waals surface area contributed by atoms with Gasteiger partial charge in [0.1, 0.15) is 5.78 Å². The molecule has 1 aliphatic carbocycles. The lowest BCUT2D eigenvalue weighted by molar-refractivity contribution is -0.137. The van der Waals surface area contributed by atoms with E-state index in [-0.39, 0.29) is 41.6 Å². The number of ketones is 1. The average Bonchev–Trinajstić information content (AvgIpc) is 3.58. The fourth-order valence-corrected chi connectivity index (χ4v) is 13.0. The van der Waals surface area contributed by atoms with Gasteiger partial charge in [-0.05, 0) is 71.0 Å². The summed E-state index contributed by atoms with van der Waals surface area (Å²) in [5.74, 6) is -1.09. The van der Waals surface area contributed by atoms with E-state index in [2.05, 4.69) is 112 Å². The summed E-state index contributed by atoms with van der Waals surface area (Å²) < 4.78 is 8.93. The number of aliphatic hydroxyl groups is 1. The number of carboxylic acids is 1. The first-order chi connectivity index (χ1) is 22.1. The van der Waals surface area contributed by atoms with Gasteiger partial charge in [0.05, 0.1) is 12.2 Å². The van der Waals surface area contributed by atoms with Gasteiger partial charge in [-0.15, -0.1) is 11.3 Å². The zero-order chi connectivity index (χ0) is 32.7. The summed E-state index contributed by atoms with van der Waals surface area (Å²) in [6, 6.07) is 32.1. The highest BCUT2D eigenvalue weighted by atomic mass is 32.1. The Labute approximate surface area is 278 Å². The molecule has 242 valence electrons.